The Kier molecular flexibility index (Phi) is 4.41. The van der Waals surface area contributed by atoms with E-state index in [1.165, 1.54) is 0 Å². The van der Waals surface area contributed by atoms with Crippen LogP contribution >= 0.6 is 23.2 Å². The molecule has 3 aromatic rings. The number of anilines is 2. The van der Waals surface area contributed by atoms with E-state index in [2.05, 4.69) is 26.0 Å². The molecule has 0 unspecified atom stereocenters. The van der Waals surface area contributed by atoms with Crippen LogP contribution < -0.4 is 9.80 Å². The summed E-state index contributed by atoms with van der Waals surface area (Å²) in [6, 6.07) is 9.58. The molecule has 5 rings (SSSR count). The molecular weight excluding hydrogens is 413 g/mol. The SMILES string of the molecule is N#Cc1ccoc1N1CC2(CCCN(c3nc(-c4cc(Cl)cc(Cl)c4)no3)C2)C1. The van der Waals surface area contributed by atoms with Gasteiger partial charge < -0.3 is 18.7 Å². The van der Waals surface area contributed by atoms with Crippen molar-refractivity contribution in [3.05, 3.63) is 46.1 Å². The molecule has 0 N–H and O–H groups in total. The predicted octanol–water partition coefficient (Wildman–Crippen LogP) is 4.61. The summed E-state index contributed by atoms with van der Waals surface area (Å²) in [6.45, 7) is 3.38. The molecular formula is C20H17Cl2N5O2. The summed E-state index contributed by atoms with van der Waals surface area (Å²) < 4.78 is 11.0. The molecule has 0 saturated carbocycles. The van der Waals surface area contributed by atoms with Crippen LogP contribution in [0.1, 0.15) is 18.4 Å². The zero-order valence-electron chi connectivity index (χ0n) is 15.4. The molecule has 2 aliphatic rings. The van der Waals surface area contributed by atoms with Crippen LogP contribution in [0, 0.1) is 16.7 Å². The Morgan fingerprint density at radius 3 is 2.62 bits per heavy atom. The number of piperidine rings is 1. The Morgan fingerprint density at radius 1 is 1.10 bits per heavy atom. The molecule has 0 bridgehead atoms. The van der Waals surface area contributed by atoms with Gasteiger partial charge in [-0.3, -0.25) is 0 Å². The van der Waals surface area contributed by atoms with Gasteiger partial charge in [-0.15, -0.1) is 0 Å². The summed E-state index contributed by atoms with van der Waals surface area (Å²) >= 11 is 12.2. The van der Waals surface area contributed by atoms with Crippen molar-refractivity contribution in [3.63, 3.8) is 0 Å². The highest BCUT2D eigenvalue weighted by Crippen LogP contribution is 2.43. The van der Waals surface area contributed by atoms with Gasteiger partial charge >= 0.3 is 6.01 Å². The quantitative estimate of drug-likeness (QED) is 0.600. The van der Waals surface area contributed by atoms with E-state index in [4.69, 9.17) is 32.1 Å². The summed E-state index contributed by atoms with van der Waals surface area (Å²) in [7, 11) is 0. The van der Waals surface area contributed by atoms with Crippen molar-refractivity contribution in [2.24, 2.45) is 5.41 Å². The predicted molar refractivity (Wildman–Crippen MR) is 109 cm³/mol. The second-order valence-corrected chi connectivity index (χ2v) is 8.56. The lowest BCUT2D eigenvalue weighted by Crippen LogP contribution is -2.63. The van der Waals surface area contributed by atoms with Crippen molar-refractivity contribution in [2.75, 3.05) is 36.0 Å². The van der Waals surface area contributed by atoms with Gasteiger partial charge in [0.25, 0.3) is 0 Å². The highest BCUT2D eigenvalue weighted by atomic mass is 35.5. The summed E-state index contributed by atoms with van der Waals surface area (Å²) in [5, 5.41) is 14.4. The van der Waals surface area contributed by atoms with Crippen molar-refractivity contribution in [2.45, 2.75) is 12.8 Å². The third-order valence-electron chi connectivity index (χ3n) is 5.57. The van der Waals surface area contributed by atoms with Crippen LogP contribution in [-0.2, 0) is 0 Å². The van der Waals surface area contributed by atoms with Gasteiger partial charge in [0.2, 0.25) is 11.7 Å². The first-order valence-electron chi connectivity index (χ1n) is 9.33. The Bertz CT molecular complexity index is 1080. The van der Waals surface area contributed by atoms with Crippen LogP contribution in [0.4, 0.5) is 11.9 Å². The van der Waals surface area contributed by atoms with E-state index in [0.717, 1.165) is 44.6 Å². The van der Waals surface area contributed by atoms with Gasteiger partial charge in [0.1, 0.15) is 11.6 Å². The molecule has 4 heterocycles. The average Bonchev–Trinajstić information content (AvgIpc) is 3.35. The zero-order valence-corrected chi connectivity index (χ0v) is 16.9. The van der Waals surface area contributed by atoms with E-state index < -0.39 is 0 Å². The van der Waals surface area contributed by atoms with E-state index in [-0.39, 0.29) is 5.41 Å². The van der Waals surface area contributed by atoms with Crippen molar-refractivity contribution in [1.82, 2.24) is 10.1 Å². The summed E-state index contributed by atoms with van der Waals surface area (Å²) in [6.07, 6.45) is 3.72. The van der Waals surface area contributed by atoms with Crippen LogP contribution in [0.25, 0.3) is 11.4 Å². The van der Waals surface area contributed by atoms with E-state index in [9.17, 15) is 5.26 Å². The second-order valence-electron chi connectivity index (χ2n) is 7.69. The fraction of sp³-hybridized carbons (Fsp3) is 0.350. The fourth-order valence-electron chi connectivity index (χ4n) is 4.31. The standard InChI is InChI=1S/C20H17Cl2N5O2/c21-15-6-14(7-16(22)8-15)17-24-19(29-25-17)26-4-1-3-20(10-26)11-27(12-20)18-13(9-23)2-5-28-18/h2,5-8H,1,3-4,10-12H2. The van der Waals surface area contributed by atoms with Crippen LogP contribution in [0.2, 0.25) is 10.0 Å². The van der Waals surface area contributed by atoms with Gasteiger partial charge in [-0.05, 0) is 37.1 Å². The Balaban J connectivity index is 1.31. The number of furan rings is 1. The number of rotatable bonds is 3. The minimum absolute atomic E-state index is 0.131. The molecule has 2 saturated heterocycles. The third-order valence-corrected chi connectivity index (χ3v) is 6.01. The molecule has 148 valence electrons. The van der Waals surface area contributed by atoms with Crippen molar-refractivity contribution in [1.29, 1.82) is 5.26 Å². The fourth-order valence-corrected chi connectivity index (χ4v) is 4.84. The molecule has 9 heteroatoms. The molecule has 2 aromatic heterocycles. The lowest BCUT2D eigenvalue weighted by molar-refractivity contribution is 0.163. The summed E-state index contributed by atoms with van der Waals surface area (Å²) in [5.41, 5.74) is 1.43. The highest BCUT2D eigenvalue weighted by molar-refractivity contribution is 6.35. The normalized spacial score (nSPS) is 18.0. The number of halogens is 2. The largest absolute Gasteiger partial charge is 0.447 e. The average molecular weight is 430 g/mol. The van der Waals surface area contributed by atoms with Crippen LogP contribution in [0.15, 0.2) is 39.5 Å². The maximum absolute atomic E-state index is 9.21. The first kappa shape index (κ1) is 18.3. The molecule has 29 heavy (non-hydrogen) atoms. The summed E-state index contributed by atoms with van der Waals surface area (Å²) in [5.74, 6) is 1.13. The van der Waals surface area contributed by atoms with Crippen molar-refractivity contribution in [3.8, 4) is 17.5 Å². The van der Waals surface area contributed by atoms with Gasteiger partial charge in [-0.25, -0.2) is 0 Å². The Morgan fingerprint density at radius 2 is 1.86 bits per heavy atom. The first-order valence-corrected chi connectivity index (χ1v) is 10.1. The summed E-state index contributed by atoms with van der Waals surface area (Å²) in [4.78, 5) is 8.82. The topological polar surface area (TPSA) is 82.3 Å². The molecule has 2 aliphatic heterocycles. The maximum Gasteiger partial charge on any atom is 0.324 e. The van der Waals surface area contributed by atoms with Gasteiger partial charge in [0.15, 0.2) is 0 Å². The third kappa shape index (κ3) is 3.33. The molecule has 0 aliphatic carbocycles. The Hall–Kier alpha value is -2.69. The first-order chi connectivity index (χ1) is 14.0. The van der Waals surface area contributed by atoms with Gasteiger partial charge in [-0.2, -0.15) is 10.2 Å². The van der Waals surface area contributed by atoms with Gasteiger partial charge in [0, 0.05) is 47.2 Å². The van der Waals surface area contributed by atoms with Crippen LogP contribution in [-0.4, -0.2) is 36.3 Å². The highest BCUT2D eigenvalue weighted by Gasteiger charge is 2.48. The minimum Gasteiger partial charge on any atom is -0.447 e. The molecule has 0 atom stereocenters. The van der Waals surface area contributed by atoms with E-state index in [0.29, 0.717) is 33.3 Å². The molecule has 1 aromatic carbocycles. The molecule has 2 fully saturated rings. The van der Waals surface area contributed by atoms with E-state index in [1.54, 1.807) is 30.5 Å². The molecule has 1 spiro atoms. The van der Waals surface area contributed by atoms with E-state index >= 15 is 0 Å². The minimum atomic E-state index is 0.131. The number of nitrogens with zero attached hydrogens (tertiary/aromatic N) is 5. The van der Waals surface area contributed by atoms with Crippen molar-refractivity contribution >= 4 is 35.1 Å². The molecule has 7 nitrogen and oxygen atoms in total. The van der Waals surface area contributed by atoms with Crippen molar-refractivity contribution < 1.29 is 8.94 Å². The van der Waals surface area contributed by atoms with Gasteiger partial charge in [-0.1, -0.05) is 28.4 Å². The Labute approximate surface area is 177 Å². The van der Waals surface area contributed by atoms with Gasteiger partial charge in [0.05, 0.1) is 6.26 Å². The number of hydrogen-bond acceptors (Lipinski definition) is 7. The number of benzene rings is 1. The zero-order chi connectivity index (χ0) is 20.0. The number of hydrogen-bond donors (Lipinski definition) is 0. The smallest absolute Gasteiger partial charge is 0.324 e. The maximum atomic E-state index is 9.21. The second kappa shape index (κ2) is 6.97. The lowest BCUT2D eigenvalue weighted by Gasteiger charge is -2.54. The monoisotopic (exact) mass is 429 g/mol. The van der Waals surface area contributed by atoms with E-state index in [1.807, 2.05) is 0 Å². The van der Waals surface area contributed by atoms with Crippen LogP contribution in [0.5, 0.6) is 0 Å². The van der Waals surface area contributed by atoms with Crippen LogP contribution in [0.3, 0.4) is 0 Å². The number of nitriles is 1. The molecule has 0 amide bonds. The number of aromatic nitrogens is 2. The molecule has 0 radical (unpaired) electrons. The lowest BCUT2D eigenvalue weighted by atomic mass is 9.73.